The largest absolute Gasteiger partial charge is 0.343 e. The first-order valence-corrected chi connectivity index (χ1v) is 8.88. The fraction of sp³-hybridized carbons (Fsp3) is 0.600. The van der Waals surface area contributed by atoms with Gasteiger partial charge in [0.1, 0.15) is 12.1 Å². The molecule has 1 aromatic heterocycles. The number of rotatable bonds is 5. The molecule has 1 N–H and O–H groups in total. The first-order chi connectivity index (χ1) is 9.92. The van der Waals surface area contributed by atoms with Crippen LogP contribution in [0, 0.1) is 5.92 Å². The van der Waals surface area contributed by atoms with Crippen LogP contribution in [0.3, 0.4) is 0 Å². The summed E-state index contributed by atoms with van der Waals surface area (Å²) in [6.07, 6.45) is 1.32. The number of amides is 2. The number of hydrogen-bond acceptors (Lipinski definition) is 3. The monoisotopic (exact) mass is 372 g/mol. The molecule has 1 aliphatic heterocycles. The van der Waals surface area contributed by atoms with E-state index in [0.717, 1.165) is 8.66 Å². The highest BCUT2D eigenvalue weighted by atomic mass is 79.9. The van der Waals surface area contributed by atoms with E-state index in [2.05, 4.69) is 35.1 Å². The van der Waals surface area contributed by atoms with E-state index in [4.69, 9.17) is 0 Å². The van der Waals surface area contributed by atoms with Gasteiger partial charge in [0, 0.05) is 4.88 Å². The number of hydrogen-bond donors (Lipinski definition) is 1. The first kappa shape index (κ1) is 16.5. The number of carbonyl (C=O) groups excluding carboxylic acids is 2. The van der Waals surface area contributed by atoms with Crippen molar-refractivity contribution in [1.29, 1.82) is 0 Å². The standard InChI is InChI=1S/C15H21BrN2O2S/c1-4-11-15(20)18(8-10-5-6-13(16)21-10)12(7-9(2)3)14(19)17-11/h5-6,9,11-12H,4,7-8H2,1-3H3,(H,17,19). The number of piperazine rings is 1. The van der Waals surface area contributed by atoms with Crippen molar-refractivity contribution in [2.24, 2.45) is 5.92 Å². The normalized spacial score (nSPS) is 22.8. The van der Waals surface area contributed by atoms with E-state index in [1.165, 1.54) is 0 Å². The van der Waals surface area contributed by atoms with Crippen molar-refractivity contribution in [1.82, 2.24) is 10.2 Å². The Labute approximate surface area is 138 Å². The summed E-state index contributed by atoms with van der Waals surface area (Å²) >= 11 is 5.05. The Balaban J connectivity index is 2.23. The fourth-order valence-electron chi connectivity index (χ4n) is 2.58. The molecule has 6 heteroatoms. The van der Waals surface area contributed by atoms with Gasteiger partial charge in [0.25, 0.3) is 0 Å². The third kappa shape index (κ3) is 3.86. The molecule has 2 amide bonds. The van der Waals surface area contributed by atoms with Crippen LogP contribution in [0.4, 0.5) is 0 Å². The molecule has 1 aliphatic rings. The van der Waals surface area contributed by atoms with Crippen molar-refractivity contribution in [3.05, 3.63) is 20.8 Å². The fourth-order valence-corrected chi connectivity index (χ4v) is 4.06. The van der Waals surface area contributed by atoms with Crippen molar-refractivity contribution >= 4 is 39.1 Å². The van der Waals surface area contributed by atoms with E-state index >= 15 is 0 Å². The molecule has 1 fully saturated rings. The topological polar surface area (TPSA) is 49.4 Å². The lowest BCUT2D eigenvalue weighted by atomic mass is 9.97. The van der Waals surface area contributed by atoms with E-state index in [0.29, 0.717) is 25.3 Å². The SMILES string of the molecule is CCC1NC(=O)C(CC(C)C)N(Cc2ccc(Br)s2)C1=O. The molecule has 2 atom stereocenters. The van der Waals surface area contributed by atoms with Crippen LogP contribution in [0.15, 0.2) is 15.9 Å². The van der Waals surface area contributed by atoms with E-state index in [9.17, 15) is 9.59 Å². The smallest absolute Gasteiger partial charge is 0.246 e. The molecule has 21 heavy (non-hydrogen) atoms. The van der Waals surface area contributed by atoms with Crippen molar-refractivity contribution in [2.45, 2.75) is 52.2 Å². The summed E-state index contributed by atoms with van der Waals surface area (Å²) in [4.78, 5) is 27.8. The van der Waals surface area contributed by atoms with Crippen molar-refractivity contribution in [2.75, 3.05) is 0 Å². The predicted octanol–water partition coefficient (Wildman–Crippen LogP) is 3.16. The van der Waals surface area contributed by atoms with Crippen LogP contribution in [0.5, 0.6) is 0 Å². The Morgan fingerprint density at radius 1 is 1.38 bits per heavy atom. The molecule has 2 unspecified atom stereocenters. The second-order valence-electron chi connectivity index (χ2n) is 5.79. The average Bonchev–Trinajstić information content (AvgIpc) is 2.82. The van der Waals surface area contributed by atoms with Gasteiger partial charge in [0.05, 0.1) is 10.3 Å². The van der Waals surface area contributed by atoms with Crippen LogP contribution in [0.1, 0.15) is 38.5 Å². The minimum Gasteiger partial charge on any atom is -0.343 e. The van der Waals surface area contributed by atoms with Gasteiger partial charge < -0.3 is 10.2 Å². The number of nitrogens with one attached hydrogen (secondary N) is 1. The van der Waals surface area contributed by atoms with Crippen LogP contribution in [-0.4, -0.2) is 28.8 Å². The zero-order valence-corrected chi connectivity index (χ0v) is 15.0. The van der Waals surface area contributed by atoms with Gasteiger partial charge in [-0.15, -0.1) is 11.3 Å². The quantitative estimate of drug-likeness (QED) is 0.862. The maximum absolute atomic E-state index is 12.6. The van der Waals surface area contributed by atoms with E-state index in [-0.39, 0.29) is 23.9 Å². The Morgan fingerprint density at radius 2 is 2.10 bits per heavy atom. The molecule has 2 heterocycles. The molecule has 1 aromatic rings. The van der Waals surface area contributed by atoms with Gasteiger partial charge in [-0.3, -0.25) is 9.59 Å². The summed E-state index contributed by atoms with van der Waals surface area (Å²) in [5, 5.41) is 2.86. The molecule has 0 radical (unpaired) electrons. The molecule has 1 saturated heterocycles. The van der Waals surface area contributed by atoms with E-state index < -0.39 is 0 Å². The van der Waals surface area contributed by atoms with Crippen LogP contribution in [0.25, 0.3) is 0 Å². The van der Waals surface area contributed by atoms with Crippen LogP contribution >= 0.6 is 27.3 Å². The van der Waals surface area contributed by atoms with Gasteiger partial charge in [-0.25, -0.2) is 0 Å². The molecule has 2 rings (SSSR count). The van der Waals surface area contributed by atoms with Crippen LogP contribution < -0.4 is 5.32 Å². The first-order valence-electron chi connectivity index (χ1n) is 7.27. The molecule has 0 bridgehead atoms. The molecule has 0 saturated carbocycles. The molecular formula is C15H21BrN2O2S. The maximum atomic E-state index is 12.6. The van der Waals surface area contributed by atoms with E-state index in [1.807, 2.05) is 19.1 Å². The lowest BCUT2D eigenvalue weighted by Crippen LogP contribution is -2.62. The lowest BCUT2D eigenvalue weighted by molar-refractivity contribution is -0.150. The van der Waals surface area contributed by atoms with Crippen LogP contribution in [0.2, 0.25) is 0 Å². The molecule has 0 spiro atoms. The Morgan fingerprint density at radius 3 is 2.62 bits per heavy atom. The lowest BCUT2D eigenvalue weighted by Gasteiger charge is -2.39. The van der Waals surface area contributed by atoms with Gasteiger partial charge in [0.2, 0.25) is 11.8 Å². The predicted molar refractivity (Wildman–Crippen MR) is 88.0 cm³/mol. The second-order valence-corrected chi connectivity index (χ2v) is 8.33. The van der Waals surface area contributed by atoms with Gasteiger partial charge in [0.15, 0.2) is 0 Å². The van der Waals surface area contributed by atoms with E-state index in [1.54, 1.807) is 16.2 Å². The molecular weight excluding hydrogens is 352 g/mol. The van der Waals surface area contributed by atoms with Gasteiger partial charge >= 0.3 is 0 Å². The van der Waals surface area contributed by atoms with Crippen LogP contribution in [-0.2, 0) is 16.1 Å². The Bertz CT molecular complexity index is 529. The zero-order chi connectivity index (χ0) is 15.6. The third-order valence-electron chi connectivity index (χ3n) is 3.63. The summed E-state index contributed by atoms with van der Waals surface area (Å²) < 4.78 is 1.04. The third-order valence-corrected chi connectivity index (χ3v) is 5.24. The van der Waals surface area contributed by atoms with Crippen molar-refractivity contribution < 1.29 is 9.59 Å². The summed E-state index contributed by atoms with van der Waals surface area (Å²) in [5.74, 6) is 0.377. The maximum Gasteiger partial charge on any atom is 0.246 e. The highest BCUT2D eigenvalue weighted by molar-refractivity contribution is 9.11. The highest BCUT2D eigenvalue weighted by Gasteiger charge is 2.39. The number of thiophene rings is 1. The average molecular weight is 373 g/mol. The Kier molecular flexibility index (Phi) is 5.43. The minimum absolute atomic E-state index is 0.0224. The molecule has 4 nitrogen and oxygen atoms in total. The minimum atomic E-state index is -0.385. The highest BCUT2D eigenvalue weighted by Crippen LogP contribution is 2.27. The number of nitrogens with zero attached hydrogens (tertiary/aromatic N) is 1. The number of halogens is 1. The summed E-state index contributed by atoms with van der Waals surface area (Å²) in [7, 11) is 0. The second kappa shape index (κ2) is 6.92. The zero-order valence-electron chi connectivity index (χ0n) is 12.6. The van der Waals surface area contributed by atoms with Gasteiger partial charge in [-0.1, -0.05) is 20.8 Å². The summed E-state index contributed by atoms with van der Waals surface area (Å²) in [6, 6.07) is 3.23. The van der Waals surface area contributed by atoms with Gasteiger partial charge in [-0.05, 0) is 46.8 Å². The van der Waals surface area contributed by atoms with Gasteiger partial charge in [-0.2, -0.15) is 0 Å². The number of carbonyl (C=O) groups is 2. The summed E-state index contributed by atoms with van der Waals surface area (Å²) in [5.41, 5.74) is 0. The van der Waals surface area contributed by atoms with Crippen molar-refractivity contribution in [3.8, 4) is 0 Å². The molecule has 116 valence electrons. The summed E-state index contributed by atoms with van der Waals surface area (Å²) in [6.45, 7) is 6.58. The van der Waals surface area contributed by atoms with Crippen molar-refractivity contribution in [3.63, 3.8) is 0 Å². The molecule has 0 aliphatic carbocycles. The Hall–Kier alpha value is -0.880. The molecule has 0 aromatic carbocycles.